The molecular weight excluding hydrogens is 364 g/mol. The third-order valence-corrected chi connectivity index (χ3v) is 4.43. The molecule has 0 spiro atoms. The van der Waals surface area contributed by atoms with Gasteiger partial charge in [0.1, 0.15) is 18.5 Å². The van der Waals surface area contributed by atoms with Crippen LogP contribution in [-0.2, 0) is 0 Å². The van der Waals surface area contributed by atoms with E-state index in [1.54, 1.807) is 30.3 Å². The van der Waals surface area contributed by atoms with Crippen LogP contribution in [0.15, 0.2) is 42.5 Å². The van der Waals surface area contributed by atoms with Gasteiger partial charge < -0.3 is 20.5 Å². The molecular formula is C21H29F2N3O2. The van der Waals surface area contributed by atoms with E-state index >= 15 is 0 Å². The summed E-state index contributed by atoms with van der Waals surface area (Å²) in [5.74, 6) is -1.00. The number of aliphatic hydroxyl groups is 1. The van der Waals surface area contributed by atoms with Crippen molar-refractivity contribution in [1.82, 2.24) is 4.90 Å². The number of hydrogen-bond acceptors (Lipinski definition) is 5. The highest BCUT2D eigenvalue weighted by Gasteiger charge is 2.20. The molecule has 2 aromatic carbocycles. The molecule has 1 atom stereocenters. The lowest BCUT2D eigenvalue weighted by molar-refractivity contribution is 0.0663. The van der Waals surface area contributed by atoms with Crippen LogP contribution in [-0.4, -0.2) is 55.4 Å². The van der Waals surface area contributed by atoms with E-state index in [1.807, 2.05) is 18.7 Å². The zero-order valence-corrected chi connectivity index (χ0v) is 16.4. The molecule has 1 heterocycles. The van der Waals surface area contributed by atoms with Gasteiger partial charge in [-0.1, -0.05) is 13.8 Å². The maximum absolute atomic E-state index is 13.4. The van der Waals surface area contributed by atoms with Gasteiger partial charge >= 0.3 is 0 Å². The molecule has 0 saturated carbocycles. The first kappa shape index (κ1) is 21.9. The van der Waals surface area contributed by atoms with Gasteiger partial charge in [0.15, 0.2) is 11.6 Å². The number of piperazine rings is 1. The van der Waals surface area contributed by atoms with Crippen molar-refractivity contribution in [1.29, 1.82) is 0 Å². The monoisotopic (exact) mass is 393 g/mol. The molecule has 0 amide bonds. The summed E-state index contributed by atoms with van der Waals surface area (Å²) in [4.78, 5) is 4.14. The Morgan fingerprint density at radius 2 is 1.64 bits per heavy atom. The second kappa shape index (κ2) is 10.8. The summed E-state index contributed by atoms with van der Waals surface area (Å²) in [5.41, 5.74) is 6.96. The van der Waals surface area contributed by atoms with E-state index in [4.69, 9.17) is 10.5 Å². The first-order valence-corrected chi connectivity index (χ1v) is 9.60. The van der Waals surface area contributed by atoms with Crippen LogP contribution >= 0.6 is 0 Å². The molecule has 154 valence electrons. The van der Waals surface area contributed by atoms with E-state index in [1.165, 1.54) is 6.07 Å². The lowest BCUT2D eigenvalue weighted by atomic mass is 10.2. The molecule has 3 N–H and O–H groups in total. The highest BCUT2D eigenvalue weighted by molar-refractivity contribution is 5.47. The van der Waals surface area contributed by atoms with Crippen molar-refractivity contribution in [2.75, 3.05) is 50.0 Å². The lowest BCUT2D eigenvalue weighted by Gasteiger charge is -2.36. The molecule has 1 fully saturated rings. The van der Waals surface area contributed by atoms with Crippen LogP contribution in [0.5, 0.6) is 5.75 Å². The van der Waals surface area contributed by atoms with E-state index in [9.17, 15) is 13.9 Å². The minimum absolute atomic E-state index is 0.202. The average Bonchev–Trinajstić information content (AvgIpc) is 2.72. The normalized spacial score (nSPS) is 15.5. The summed E-state index contributed by atoms with van der Waals surface area (Å²) in [6, 6.07) is 11.0. The van der Waals surface area contributed by atoms with Gasteiger partial charge in [0.25, 0.3) is 0 Å². The summed E-state index contributed by atoms with van der Waals surface area (Å²) in [7, 11) is 0. The number of benzene rings is 2. The van der Waals surface area contributed by atoms with Crippen LogP contribution in [0, 0.1) is 11.6 Å². The third kappa shape index (κ3) is 6.35. The van der Waals surface area contributed by atoms with E-state index in [2.05, 4.69) is 4.90 Å². The molecule has 0 bridgehead atoms. The SMILES string of the molecule is CC.Nc1ccc(OC[C@@H](O)CN2CCN(c3ccc(F)c(F)c3)CC2)cc1. The molecule has 1 saturated heterocycles. The number of nitrogens with zero attached hydrogens (tertiary/aromatic N) is 2. The molecule has 0 radical (unpaired) electrons. The van der Waals surface area contributed by atoms with Gasteiger partial charge in [0, 0.05) is 50.2 Å². The van der Waals surface area contributed by atoms with Crippen molar-refractivity contribution in [3.05, 3.63) is 54.1 Å². The minimum Gasteiger partial charge on any atom is -0.491 e. The standard InChI is InChI=1S/C19H23F2N3O2.C2H6/c20-18-6-3-15(11-19(18)21)24-9-7-23(8-10-24)12-16(25)13-26-17-4-1-14(22)2-5-17;1-2/h1-6,11,16,25H,7-10,12-13,22H2;1-2H3/t16-;/m0./s1. The topological polar surface area (TPSA) is 62.0 Å². The number of nitrogen functional groups attached to an aromatic ring is 1. The summed E-state index contributed by atoms with van der Waals surface area (Å²) in [5, 5.41) is 10.2. The van der Waals surface area contributed by atoms with E-state index < -0.39 is 17.7 Å². The maximum Gasteiger partial charge on any atom is 0.160 e. The Morgan fingerprint density at radius 1 is 1.00 bits per heavy atom. The number of nitrogens with two attached hydrogens (primary N) is 1. The largest absolute Gasteiger partial charge is 0.491 e. The van der Waals surface area contributed by atoms with Crippen molar-refractivity contribution in [3.8, 4) is 5.75 Å². The van der Waals surface area contributed by atoms with Crippen LogP contribution in [0.2, 0.25) is 0 Å². The fourth-order valence-corrected chi connectivity index (χ4v) is 2.98. The Balaban J connectivity index is 0.00000136. The predicted molar refractivity (Wildman–Crippen MR) is 109 cm³/mol. The minimum atomic E-state index is -0.836. The lowest BCUT2D eigenvalue weighted by Crippen LogP contribution is -2.49. The van der Waals surface area contributed by atoms with Crippen molar-refractivity contribution in [2.24, 2.45) is 0 Å². The number of anilines is 2. The van der Waals surface area contributed by atoms with E-state index in [0.29, 0.717) is 36.8 Å². The van der Waals surface area contributed by atoms with Gasteiger partial charge in [0.2, 0.25) is 0 Å². The number of β-amino-alcohol motifs (C(OH)–C–C–N with tert-alkyl or cyclic N) is 1. The molecule has 0 unspecified atom stereocenters. The van der Waals surface area contributed by atoms with Gasteiger partial charge in [-0.25, -0.2) is 8.78 Å². The van der Waals surface area contributed by atoms with Crippen LogP contribution < -0.4 is 15.4 Å². The van der Waals surface area contributed by atoms with Crippen molar-refractivity contribution in [2.45, 2.75) is 20.0 Å². The Hall–Kier alpha value is -2.38. The van der Waals surface area contributed by atoms with E-state index in [-0.39, 0.29) is 6.61 Å². The summed E-state index contributed by atoms with van der Waals surface area (Å²) >= 11 is 0. The van der Waals surface area contributed by atoms with E-state index in [0.717, 1.165) is 19.2 Å². The van der Waals surface area contributed by atoms with Gasteiger partial charge in [-0.15, -0.1) is 0 Å². The second-order valence-electron chi connectivity index (χ2n) is 6.42. The summed E-state index contributed by atoms with van der Waals surface area (Å²) < 4.78 is 32.0. The third-order valence-electron chi connectivity index (χ3n) is 4.43. The molecule has 5 nitrogen and oxygen atoms in total. The summed E-state index contributed by atoms with van der Waals surface area (Å²) in [6.07, 6.45) is -0.609. The number of aliphatic hydroxyl groups excluding tert-OH is 1. The molecule has 3 rings (SSSR count). The Morgan fingerprint density at radius 3 is 2.25 bits per heavy atom. The van der Waals surface area contributed by atoms with Gasteiger partial charge in [-0.05, 0) is 36.4 Å². The fraction of sp³-hybridized carbons (Fsp3) is 0.429. The predicted octanol–water partition coefficient (Wildman–Crippen LogP) is 3.14. The molecule has 0 aliphatic carbocycles. The van der Waals surface area contributed by atoms with Crippen LogP contribution in [0.3, 0.4) is 0 Å². The molecule has 2 aromatic rings. The number of halogens is 2. The van der Waals surface area contributed by atoms with Crippen LogP contribution in [0.4, 0.5) is 20.2 Å². The molecule has 1 aliphatic heterocycles. The smallest absolute Gasteiger partial charge is 0.160 e. The van der Waals surface area contributed by atoms with Gasteiger partial charge in [0.05, 0.1) is 0 Å². The highest BCUT2D eigenvalue weighted by Crippen LogP contribution is 2.19. The molecule has 7 heteroatoms. The Kier molecular flexibility index (Phi) is 8.47. The number of rotatable bonds is 6. The fourth-order valence-electron chi connectivity index (χ4n) is 2.98. The zero-order chi connectivity index (χ0) is 20.5. The highest BCUT2D eigenvalue weighted by atomic mass is 19.2. The van der Waals surface area contributed by atoms with Gasteiger partial charge in [-0.3, -0.25) is 4.90 Å². The van der Waals surface area contributed by atoms with Gasteiger partial charge in [-0.2, -0.15) is 0 Å². The maximum atomic E-state index is 13.4. The molecule has 28 heavy (non-hydrogen) atoms. The second-order valence-corrected chi connectivity index (χ2v) is 6.42. The molecule has 1 aliphatic rings. The average molecular weight is 393 g/mol. The zero-order valence-electron chi connectivity index (χ0n) is 16.4. The van der Waals surface area contributed by atoms with Crippen molar-refractivity contribution < 1.29 is 18.6 Å². The number of ether oxygens (including phenoxy) is 1. The van der Waals surface area contributed by atoms with Crippen LogP contribution in [0.1, 0.15) is 13.8 Å². The van der Waals surface area contributed by atoms with Crippen LogP contribution in [0.25, 0.3) is 0 Å². The summed E-state index contributed by atoms with van der Waals surface area (Å²) in [6.45, 7) is 7.55. The van der Waals surface area contributed by atoms with Crippen molar-refractivity contribution >= 4 is 11.4 Å². The Labute approximate surface area is 165 Å². The first-order chi connectivity index (χ1) is 13.5. The number of hydrogen-bond donors (Lipinski definition) is 2. The quantitative estimate of drug-likeness (QED) is 0.739. The van der Waals surface area contributed by atoms with Crippen molar-refractivity contribution in [3.63, 3.8) is 0 Å². The first-order valence-electron chi connectivity index (χ1n) is 9.60. The molecule has 0 aromatic heterocycles. The Bertz CT molecular complexity index is 720.